The Labute approximate surface area is 63.3 Å². The molecule has 0 bridgehead atoms. The van der Waals surface area contributed by atoms with Crippen molar-refractivity contribution in [1.29, 1.82) is 0 Å². The summed E-state index contributed by atoms with van der Waals surface area (Å²) in [6.45, 7) is 6.47. The number of hydrogen-bond donors (Lipinski definition) is 0. The maximum Gasteiger partial charge on any atom is -0.00249 e. The van der Waals surface area contributed by atoms with Crippen LogP contribution in [0.15, 0.2) is 12.2 Å². The first-order valence-corrected chi connectivity index (χ1v) is 4.47. The molecule has 0 heterocycles. The van der Waals surface area contributed by atoms with E-state index in [1.807, 2.05) is 0 Å². The standard InChI is InChI=1S/C10H16/c1-8-9(2)10(8)6-4-3-5-7-10/h9H,1,3-7H2,2H3. The zero-order chi connectivity index (χ0) is 7.19. The fourth-order valence-electron chi connectivity index (χ4n) is 2.62. The molecule has 1 spiro atoms. The normalized spacial score (nSPS) is 36.5. The second-order valence-corrected chi connectivity index (χ2v) is 3.96. The highest BCUT2D eigenvalue weighted by Crippen LogP contribution is 2.64. The molecule has 1 unspecified atom stereocenters. The summed E-state index contributed by atoms with van der Waals surface area (Å²) in [5, 5.41) is 0. The average molecular weight is 136 g/mol. The van der Waals surface area contributed by atoms with Gasteiger partial charge in [0, 0.05) is 0 Å². The van der Waals surface area contributed by atoms with Crippen molar-refractivity contribution in [2.45, 2.75) is 39.0 Å². The fraction of sp³-hybridized carbons (Fsp3) is 0.800. The van der Waals surface area contributed by atoms with E-state index in [1.165, 1.54) is 32.1 Å². The predicted molar refractivity (Wildman–Crippen MR) is 43.8 cm³/mol. The molecule has 0 saturated heterocycles. The van der Waals surface area contributed by atoms with Crippen LogP contribution in [-0.4, -0.2) is 0 Å². The van der Waals surface area contributed by atoms with Crippen LogP contribution in [0.3, 0.4) is 0 Å². The molecular weight excluding hydrogens is 120 g/mol. The van der Waals surface area contributed by atoms with E-state index in [0.717, 1.165) is 5.92 Å². The van der Waals surface area contributed by atoms with Crippen LogP contribution in [0.1, 0.15) is 39.0 Å². The topological polar surface area (TPSA) is 0 Å². The Bertz CT molecular complexity index is 161. The summed E-state index contributed by atoms with van der Waals surface area (Å²) in [6.07, 6.45) is 7.23. The maximum atomic E-state index is 4.12. The quantitative estimate of drug-likeness (QED) is 0.449. The molecule has 2 aliphatic carbocycles. The van der Waals surface area contributed by atoms with Crippen molar-refractivity contribution in [2.75, 3.05) is 0 Å². The summed E-state index contributed by atoms with van der Waals surface area (Å²) in [4.78, 5) is 0. The Kier molecular flexibility index (Phi) is 1.21. The highest BCUT2D eigenvalue weighted by atomic mass is 14.6. The molecule has 0 N–H and O–H groups in total. The third-order valence-electron chi connectivity index (χ3n) is 3.65. The molecule has 0 heteroatoms. The molecule has 2 rings (SSSR count). The zero-order valence-electron chi connectivity index (χ0n) is 6.82. The Morgan fingerprint density at radius 3 is 2.10 bits per heavy atom. The van der Waals surface area contributed by atoms with Gasteiger partial charge in [-0.05, 0) is 24.2 Å². The third kappa shape index (κ3) is 0.624. The van der Waals surface area contributed by atoms with Crippen molar-refractivity contribution in [3.8, 4) is 0 Å². The molecule has 56 valence electrons. The highest BCUT2D eigenvalue weighted by molar-refractivity contribution is 5.34. The second kappa shape index (κ2) is 1.87. The van der Waals surface area contributed by atoms with E-state index in [1.54, 1.807) is 5.57 Å². The van der Waals surface area contributed by atoms with Crippen molar-refractivity contribution < 1.29 is 0 Å². The van der Waals surface area contributed by atoms with Crippen LogP contribution in [0.25, 0.3) is 0 Å². The van der Waals surface area contributed by atoms with Crippen molar-refractivity contribution in [3.05, 3.63) is 12.2 Å². The van der Waals surface area contributed by atoms with Gasteiger partial charge in [-0.1, -0.05) is 38.3 Å². The Balaban J connectivity index is 2.10. The van der Waals surface area contributed by atoms with Gasteiger partial charge in [-0.25, -0.2) is 0 Å². The van der Waals surface area contributed by atoms with E-state index in [-0.39, 0.29) is 0 Å². The lowest BCUT2D eigenvalue weighted by Gasteiger charge is -2.20. The van der Waals surface area contributed by atoms with Gasteiger partial charge in [0.05, 0.1) is 0 Å². The maximum absolute atomic E-state index is 4.12. The average Bonchev–Trinajstić information content (AvgIpc) is 2.45. The molecule has 2 saturated carbocycles. The van der Waals surface area contributed by atoms with Gasteiger partial charge < -0.3 is 0 Å². The predicted octanol–water partition coefficient (Wildman–Crippen LogP) is 3.14. The molecule has 0 aliphatic heterocycles. The van der Waals surface area contributed by atoms with Crippen molar-refractivity contribution >= 4 is 0 Å². The van der Waals surface area contributed by atoms with Crippen LogP contribution in [0, 0.1) is 11.3 Å². The molecular formula is C10H16. The van der Waals surface area contributed by atoms with Gasteiger partial charge in [0.2, 0.25) is 0 Å². The summed E-state index contributed by atoms with van der Waals surface area (Å²) in [7, 11) is 0. The summed E-state index contributed by atoms with van der Waals surface area (Å²) in [5.41, 5.74) is 2.20. The molecule has 0 amide bonds. The van der Waals surface area contributed by atoms with E-state index < -0.39 is 0 Å². The van der Waals surface area contributed by atoms with E-state index in [4.69, 9.17) is 0 Å². The zero-order valence-corrected chi connectivity index (χ0v) is 6.82. The number of rotatable bonds is 0. The second-order valence-electron chi connectivity index (χ2n) is 3.96. The van der Waals surface area contributed by atoms with Gasteiger partial charge in [-0.15, -0.1) is 0 Å². The lowest BCUT2D eigenvalue weighted by atomic mass is 9.84. The molecule has 0 aromatic carbocycles. The molecule has 0 aromatic heterocycles. The number of allylic oxidation sites excluding steroid dienone is 1. The Hall–Kier alpha value is -0.260. The summed E-state index contributed by atoms with van der Waals surface area (Å²) >= 11 is 0. The first-order valence-electron chi connectivity index (χ1n) is 4.47. The molecule has 1 atom stereocenters. The van der Waals surface area contributed by atoms with E-state index in [9.17, 15) is 0 Å². The molecule has 0 radical (unpaired) electrons. The molecule has 2 fully saturated rings. The van der Waals surface area contributed by atoms with E-state index in [0.29, 0.717) is 5.41 Å². The van der Waals surface area contributed by atoms with Crippen LogP contribution < -0.4 is 0 Å². The first-order chi connectivity index (χ1) is 4.77. The lowest BCUT2D eigenvalue weighted by molar-refractivity contribution is 0.324. The smallest absolute Gasteiger partial charge is 0.00249 e. The summed E-state index contributed by atoms with van der Waals surface area (Å²) < 4.78 is 0. The van der Waals surface area contributed by atoms with Crippen LogP contribution in [0.2, 0.25) is 0 Å². The molecule has 2 aliphatic rings. The first kappa shape index (κ1) is 6.45. The highest BCUT2D eigenvalue weighted by Gasteiger charge is 2.54. The van der Waals surface area contributed by atoms with Gasteiger partial charge in [-0.2, -0.15) is 0 Å². The van der Waals surface area contributed by atoms with Crippen LogP contribution in [0.5, 0.6) is 0 Å². The van der Waals surface area contributed by atoms with Gasteiger partial charge in [0.1, 0.15) is 0 Å². The van der Waals surface area contributed by atoms with Gasteiger partial charge in [0.25, 0.3) is 0 Å². The van der Waals surface area contributed by atoms with Gasteiger partial charge in [-0.3, -0.25) is 0 Å². The summed E-state index contributed by atoms with van der Waals surface area (Å²) in [5.74, 6) is 0.854. The Morgan fingerprint density at radius 2 is 1.80 bits per heavy atom. The molecule has 0 aromatic rings. The third-order valence-corrected chi connectivity index (χ3v) is 3.65. The van der Waals surface area contributed by atoms with E-state index >= 15 is 0 Å². The molecule has 10 heavy (non-hydrogen) atoms. The van der Waals surface area contributed by atoms with E-state index in [2.05, 4.69) is 13.5 Å². The van der Waals surface area contributed by atoms with Gasteiger partial charge >= 0.3 is 0 Å². The fourth-order valence-corrected chi connectivity index (χ4v) is 2.62. The largest absolute Gasteiger partial charge is 0.0990 e. The minimum atomic E-state index is 0.651. The minimum absolute atomic E-state index is 0.651. The minimum Gasteiger partial charge on any atom is -0.0990 e. The molecule has 0 nitrogen and oxygen atoms in total. The van der Waals surface area contributed by atoms with Crippen LogP contribution in [-0.2, 0) is 0 Å². The van der Waals surface area contributed by atoms with Crippen LogP contribution in [0.4, 0.5) is 0 Å². The SMILES string of the molecule is C=C1C(C)C12CCCCC2. The lowest BCUT2D eigenvalue weighted by Crippen LogP contribution is -2.08. The van der Waals surface area contributed by atoms with Gasteiger partial charge in [0.15, 0.2) is 0 Å². The van der Waals surface area contributed by atoms with Crippen LogP contribution >= 0.6 is 0 Å². The summed E-state index contributed by atoms with van der Waals surface area (Å²) in [6, 6.07) is 0. The van der Waals surface area contributed by atoms with Crippen molar-refractivity contribution in [1.82, 2.24) is 0 Å². The Morgan fingerprint density at radius 1 is 1.30 bits per heavy atom. The van der Waals surface area contributed by atoms with Crippen molar-refractivity contribution in [2.24, 2.45) is 11.3 Å². The number of hydrogen-bond acceptors (Lipinski definition) is 0. The van der Waals surface area contributed by atoms with Crippen molar-refractivity contribution in [3.63, 3.8) is 0 Å². The monoisotopic (exact) mass is 136 g/mol.